The molecule has 0 aliphatic heterocycles. The van der Waals surface area contributed by atoms with E-state index in [1.165, 1.54) is 0 Å². The van der Waals surface area contributed by atoms with Crippen LogP contribution in [0.5, 0.6) is 0 Å². The summed E-state index contributed by atoms with van der Waals surface area (Å²) < 4.78 is 17.6. The summed E-state index contributed by atoms with van der Waals surface area (Å²) in [6.07, 6.45) is 0.763. The molecule has 3 N–H and O–H groups in total. The van der Waals surface area contributed by atoms with Gasteiger partial charge in [0.25, 0.3) is 5.78 Å². The largest absolute Gasteiger partial charge is 0.475 e. The SMILES string of the molecule is CS(O)(O)C(C=O)C(=O)C(=O)O. The highest BCUT2D eigenvalue weighted by Crippen LogP contribution is 2.38. The summed E-state index contributed by atoms with van der Waals surface area (Å²) in [4.78, 5) is 30.7. The smallest absolute Gasteiger partial charge is 0.374 e. The van der Waals surface area contributed by atoms with Crippen molar-refractivity contribution in [2.75, 3.05) is 6.26 Å². The Morgan fingerprint density at radius 1 is 1.42 bits per heavy atom. The number of carbonyl (C=O) groups is 3. The molecular weight excluding hydrogens is 188 g/mol. The van der Waals surface area contributed by atoms with E-state index in [1.807, 2.05) is 0 Å². The Morgan fingerprint density at radius 2 is 1.83 bits per heavy atom. The molecule has 0 heterocycles. The number of hydrogen-bond acceptors (Lipinski definition) is 5. The molecule has 0 amide bonds. The number of hydrogen-bond donors (Lipinski definition) is 3. The fourth-order valence-electron chi connectivity index (χ4n) is 0.492. The Labute approximate surface area is 69.5 Å². The zero-order chi connectivity index (χ0) is 9.94. The van der Waals surface area contributed by atoms with Crippen LogP contribution in [0.1, 0.15) is 0 Å². The zero-order valence-electron chi connectivity index (χ0n) is 6.13. The maximum Gasteiger partial charge on any atom is 0.374 e. The van der Waals surface area contributed by atoms with Crippen LogP contribution in [0, 0.1) is 0 Å². The minimum Gasteiger partial charge on any atom is -0.475 e. The molecule has 0 aliphatic rings. The molecule has 7 heteroatoms. The summed E-state index contributed by atoms with van der Waals surface area (Å²) in [7, 11) is -3.46. The molecule has 1 atom stereocenters. The van der Waals surface area contributed by atoms with Crippen LogP contribution in [0.25, 0.3) is 0 Å². The quantitative estimate of drug-likeness (QED) is 0.320. The lowest BCUT2D eigenvalue weighted by atomic mass is 10.3. The average Bonchev–Trinajstić information content (AvgIpc) is 1.85. The number of aldehydes is 1. The van der Waals surface area contributed by atoms with Crippen LogP contribution in [0.2, 0.25) is 0 Å². The molecule has 12 heavy (non-hydrogen) atoms. The second kappa shape index (κ2) is 3.65. The highest BCUT2D eigenvalue weighted by atomic mass is 32.3. The number of ketones is 1. The first-order valence-electron chi connectivity index (χ1n) is 2.75. The van der Waals surface area contributed by atoms with Gasteiger partial charge in [0, 0.05) is 6.26 Å². The number of Topliss-reactive ketones (excluding diaryl/α,β-unsaturated/α-hetero) is 1. The molecule has 0 radical (unpaired) electrons. The molecule has 70 valence electrons. The molecule has 0 aliphatic carbocycles. The van der Waals surface area contributed by atoms with E-state index < -0.39 is 27.6 Å². The Bertz CT molecular complexity index is 216. The summed E-state index contributed by atoms with van der Waals surface area (Å²) in [5.74, 6) is -3.36. The summed E-state index contributed by atoms with van der Waals surface area (Å²) in [5, 5.41) is 6.26. The second-order valence-corrected chi connectivity index (χ2v) is 4.41. The van der Waals surface area contributed by atoms with E-state index in [2.05, 4.69) is 0 Å². The molecule has 0 bridgehead atoms. The molecule has 0 fully saturated rings. The van der Waals surface area contributed by atoms with Gasteiger partial charge in [0.2, 0.25) is 0 Å². The van der Waals surface area contributed by atoms with Crippen molar-refractivity contribution in [2.45, 2.75) is 5.25 Å². The van der Waals surface area contributed by atoms with Gasteiger partial charge in [0.15, 0.2) is 5.25 Å². The maximum absolute atomic E-state index is 10.6. The maximum atomic E-state index is 10.6. The third-order valence-electron chi connectivity index (χ3n) is 1.07. The van der Waals surface area contributed by atoms with Gasteiger partial charge in [-0.25, -0.2) is 4.79 Å². The number of carboxylic acids is 1. The average molecular weight is 196 g/mol. The number of rotatable bonds is 4. The molecule has 0 aromatic heterocycles. The van der Waals surface area contributed by atoms with Crippen LogP contribution in [0.15, 0.2) is 0 Å². The Kier molecular flexibility index (Phi) is 3.37. The van der Waals surface area contributed by atoms with Crippen LogP contribution in [0.3, 0.4) is 0 Å². The van der Waals surface area contributed by atoms with Crippen LogP contribution < -0.4 is 0 Å². The second-order valence-electron chi connectivity index (χ2n) is 2.12. The van der Waals surface area contributed by atoms with Gasteiger partial charge >= 0.3 is 5.97 Å². The number of carbonyl (C=O) groups excluding carboxylic acids is 2. The summed E-state index contributed by atoms with van der Waals surface area (Å²) >= 11 is 0. The number of carboxylic acid groups (broad SMARTS) is 1. The van der Waals surface area contributed by atoms with E-state index in [9.17, 15) is 14.4 Å². The van der Waals surface area contributed by atoms with E-state index in [4.69, 9.17) is 14.2 Å². The summed E-state index contributed by atoms with van der Waals surface area (Å²) in [6.45, 7) is 0. The monoisotopic (exact) mass is 196 g/mol. The molecule has 0 saturated heterocycles. The van der Waals surface area contributed by atoms with Crippen molar-refractivity contribution in [3.05, 3.63) is 0 Å². The van der Waals surface area contributed by atoms with Crippen molar-refractivity contribution in [3.8, 4) is 0 Å². The van der Waals surface area contributed by atoms with E-state index in [-0.39, 0.29) is 6.29 Å². The zero-order valence-corrected chi connectivity index (χ0v) is 6.95. The molecular formula is C5H8O6S. The van der Waals surface area contributed by atoms with Gasteiger partial charge in [-0.3, -0.25) is 13.9 Å². The van der Waals surface area contributed by atoms with Gasteiger partial charge < -0.3 is 9.90 Å². The lowest BCUT2D eigenvalue weighted by Gasteiger charge is -2.30. The third-order valence-corrected chi connectivity index (χ3v) is 2.36. The van der Waals surface area contributed by atoms with Gasteiger partial charge in [-0.2, -0.15) is 10.6 Å². The molecule has 6 nitrogen and oxygen atoms in total. The summed E-state index contributed by atoms with van der Waals surface area (Å²) in [5.41, 5.74) is 0. The van der Waals surface area contributed by atoms with Gasteiger partial charge in [0.1, 0.15) is 6.29 Å². The minimum absolute atomic E-state index is 0.0776. The molecule has 1 unspecified atom stereocenters. The van der Waals surface area contributed by atoms with Gasteiger partial charge in [-0.05, 0) is 0 Å². The predicted molar refractivity (Wildman–Crippen MR) is 41.3 cm³/mol. The minimum atomic E-state index is -3.46. The molecule has 0 rings (SSSR count). The van der Waals surface area contributed by atoms with E-state index in [0.717, 1.165) is 6.26 Å². The van der Waals surface area contributed by atoms with Gasteiger partial charge in [-0.15, -0.1) is 0 Å². The Hall–Kier alpha value is -0.920. The van der Waals surface area contributed by atoms with Crippen molar-refractivity contribution in [1.82, 2.24) is 0 Å². The number of aliphatic carboxylic acids is 1. The van der Waals surface area contributed by atoms with Crippen LogP contribution in [-0.4, -0.2) is 43.8 Å². The van der Waals surface area contributed by atoms with E-state index in [1.54, 1.807) is 0 Å². The van der Waals surface area contributed by atoms with Crippen LogP contribution in [0.4, 0.5) is 0 Å². The third kappa shape index (κ3) is 2.61. The molecule has 0 aromatic rings. The van der Waals surface area contributed by atoms with Crippen LogP contribution >= 0.6 is 10.6 Å². The van der Waals surface area contributed by atoms with E-state index >= 15 is 0 Å². The van der Waals surface area contributed by atoms with Crippen molar-refractivity contribution in [3.63, 3.8) is 0 Å². The first-order valence-corrected chi connectivity index (χ1v) is 4.77. The molecule has 0 aromatic carbocycles. The van der Waals surface area contributed by atoms with Gasteiger partial charge in [0.05, 0.1) is 0 Å². The van der Waals surface area contributed by atoms with Crippen molar-refractivity contribution < 1.29 is 28.6 Å². The van der Waals surface area contributed by atoms with Crippen molar-refractivity contribution in [1.29, 1.82) is 0 Å². The van der Waals surface area contributed by atoms with Crippen molar-refractivity contribution >= 4 is 28.6 Å². The normalized spacial score (nSPS) is 14.9. The molecule has 0 spiro atoms. The predicted octanol–water partition coefficient (Wildman–Crippen LogP) is -0.412. The Balaban J connectivity index is 4.69. The first-order chi connectivity index (χ1) is 5.30. The highest BCUT2D eigenvalue weighted by molar-refractivity contribution is 8.25. The lowest BCUT2D eigenvalue weighted by Crippen LogP contribution is -2.33. The van der Waals surface area contributed by atoms with E-state index in [0.29, 0.717) is 0 Å². The fourth-order valence-corrected chi connectivity index (χ4v) is 1.21. The fraction of sp³-hybridized carbons (Fsp3) is 0.400. The summed E-state index contributed by atoms with van der Waals surface area (Å²) in [6, 6.07) is 0. The first kappa shape index (κ1) is 11.1. The van der Waals surface area contributed by atoms with Crippen LogP contribution in [-0.2, 0) is 14.4 Å². The highest BCUT2D eigenvalue weighted by Gasteiger charge is 2.33. The van der Waals surface area contributed by atoms with Crippen molar-refractivity contribution in [2.24, 2.45) is 0 Å². The standard InChI is InChI=1S/C5H8O6S/c1-12(10,11)3(2-6)4(7)5(8)9/h2-3,10-11H,1H3,(H,8,9). The lowest BCUT2D eigenvalue weighted by molar-refractivity contribution is -0.149. The molecule has 0 saturated carbocycles. The van der Waals surface area contributed by atoms with Gasteiger partial charge in [-0.1, -0.05) is 0 Å². The Morgan fingerprint density at radius 3 is 1.92 bits per heavy atom. The topological polar surface area (TPSA) is 112 Å².